The molecule has 0 atom stereocenters. The third-order valence-corrected chi connectivity index (χ3v) is 5.22. The van der Waals surface area contributed by atoms with Crippen molar-refractivity contribution in [3.8, 4) is 11.4 Å². The molecule has 0 amide bonds. The first-order valence-electron chi connectivity index (χ1n) is 9.33. The highest BCUT2D eigenvalue weighted by Gasteiger charge is 2.22. The molecule has 0 aliphatic carbocycles. The summed E-state index contributed by atoms with van der Waals surface area (Å²) in [5, 5.41) is 0. The van der Waals surface area contributed by atoms with Gasteiger partial charge in [-0.1, -0.05) is 6.07 Å². The maximum absolute atomic E-state index is 13.0. The van der Waals surface area contributed by atoms with Crippen LogP contribution in [0.4, 0.5) is 0 Å². The first-order chi connectivity index (χ1) is 13.4. The minimum Gasteiger partial charge on any atom is -0.494 e. The van der Waals surface area contributed by atoms with E-state index in [2.05, 4.69) is 4.98 Å². The van der Waals surface area contributed by atoms with Gasteiger partial charge in [0.05, 0.1) is 12.3 Å². The van der Waals surface area contributed by atoms with Crippen LogP contribution in [0.25, 0.3) is 22.6 Å². The molecule has 0 spiro atoms. The molecule has 3 heterocycles. The molecule has 0 saturated carbocycles. The lowest BCUT2D eigenvalue weighted by Gasteiger charge is -2.09. The van der Waals surface area contributed by atoms with Gasteiger partial charge in [-0.05, 0) is 39.8 Å². The first kappa shape index (κ1) is 18.1. The van der Waals surface area contributed by atoms with Gasteiger partial charge in [0, 0.05) is 31.0 Å². The highest BCUT2D eigenvalue weighted by atomic mass is 16.5. The Labute approximate surface area is 161 Å². The SMILES string of the molecule is CCOc1cccc(-n2c(C)c(C)n3c4c(=O)n(CC)c(=O)n(C)c4nc23)c1. The Morgan fingerprint density at radius 3 is 2.54 bits per heavy atom. The first-order valence-corrected chi connectivity index (χ1v) is 9.33. The molecule has 0 N–H and O–H groups in total. The highest BCUT2D eigenvalue weighted by Crippen LogP contribution is 2.26. The number of ether oxygens (including phenoxy) is 1. The van der Waals surface area contributed by atoms with Crippen LogP contribution in [0.3, 0.4) is 0 Å². The monoisotopic (exact) mass is 381 g/mol. The van der Waals surface area contributed by atoms with Crippen LogP contribution in [-0.2, 0) is 13.6 Å². The third-order valence-electron chi connectivity index (χ3n) is 5.22. The van der Waals surface area contributed by atoms with E-state index in [0.29, 0.717) is 30.1 Å². The van der Waals surface area contributed by atoms with E-state index in [0.717, 1.165) is 22.8 Å². The van der Waals surface area contributed by atoms with Gasteiger partial charge in [0.1, 0.15) is 5.75 Å². The number of rotatable bonds is 4. The second-order valence-electron chi connectivity index (χ2n) is 6.75. The molecule has 28 heavy (non-hydrogen) atoms. The quantitative estimate of drug-likeness (QED) is 0.543. The van der Waals surface area contributed by atoms with E-state index in [1.54, 1.807) is 14.0 Å². The van der Waals surface area contributed by atoms with Crippen LogP contribution in [0.5, 0.6) is 5.75 Å². The van der Waals surface area contributed by atoms with Gasteiger partial charge in [-0.3, -0.25) is 22.9 Å². The summed E-state index contributed by atoms with van der Waals surface area (Å²) in [6.45, 7) is 8.56. The summed E-state index contributed by atoms with van der Waals surface area (Å²) in [5.41, 5.74) is 2.87. The molecule has 3 aromatic heterocycles. The highest BCUT2D eigenvalue weighted by molar-refractivity contribution is 5.77. The average molecular weight is 381 g/mol. The molecule has 0 radical (unpaired) electrons. The van der Waals surface area contributed by atoms with Gasteiger partial charge in [-0.25, -0.2) is 4.79 Å². The topological polar surface area (TPSA) is 75.5 Å². The van der Waals surface area contributed by atoms with Gasteiger partial charge in [0.2, 0.25) is 5.78 Å². The van der Waals surface area contributed by atoms with Crippen molar-refractivity contribution in [2.75, 3.05) is 6.61 Å². The Kier molecular flexibility index (Phi) is 4.14. The third kappa shape index (κ3) is 2.33. The summed E-state index contributed by atoms with van der Waals surface area (Å²) >= 11 is 0. The fourth-order valence-corrected chi connectivity index (χ4v) is 3.72. The lowest BCUT2D eigenvalue weighted by molar-refractivity contribution is 0.340. The zero-order valence-corrected chi connectivity index (χ0v) is 16.7. The lowest BCUT2D eigenvalue weighted by Crippen LogP contribution is -2.38. The fraction of sp³-hybridized carbons (Fsp3) is 0.350. The van der Waals surface area contributed by atoms with E-state index in [4.69, 9.17) is 4.74 Å². The summed E-state index contributed by atoms with van der Waals surface area (Å²) in [6.07, 6.45) is 0. The Morgan fingerprint density at radius 2 is 1.86 bits per heavy atom. The number of imidazole rings is 2. The van der Waals surface area contributed by atoms with Crippen molar-refractivity contribution >= 4 is 16.9 Å². The van der Waals surface area contributed by atoms with E-state index in [9.17, 15) is 9.59 Å². The summed E-state index contributed by atoms with van der Waals surface area (Å²) in [4.78, 5) is 30.2. The number of fused-ring (bicyclic) bond motifs is 3. The second-order valence-corrected chi connectivity index (χ2v) is 6.75. The maximum Gasteiger partial charge on any atom is 0.332 e. The largest absolute Gasteiger partial charge is 0.494 e. The van der Waals surface area contributed by atoms with Crippen molar-refractivity contribution in [2.24, 2.45) is 7.05 Å². The predicted molar refractivity (Wildman–Crippen MR) is 108 cm³/mol. The molecule has 8 heteroatoms. The van der Waals surface area contributed by atoms with E-state index < -0.39 is 0 Å². The van der Waals surface area contributed by atoms with Crippen LogP contribution in [0.15, 0.2) is 33.9 Å². The van der Waals surface area contributed by atoms with Gasteiger partial charge in [-0.2, -0.15) is 4.98 Å². The van der Waals surface area contributed by atoms with Crippen LogP contribution in [0.2, 0.25) is 0 Å². The summed E-state index contributed by atoms with van der Waals surface area (Å²) in [6, 6.07) is 7.74. The molecule has 146 valence electrons. The Balaban J connectivity index is 2.15. The second kappa shape index (κ2) is 6.40. The molecule has 0 unspecified atom stereocenters. The lowest BCUT2D eigenvalue weighted by atomic mass is 10.2. The molecule has 0 aliphatic heterocycles. The van der Waals surface area contributed by atoms with Crippen LogP contribution in [0.1, 0.15) is 25.2 Å². The van der Waals surface area contributed by atoms with Gasteiger partial charge >= 0.3 is 5.69 Å². The van der Waals surface area contributed by atoms with Gasteiger partial charge in [0.15, 0.2) is 11.2 Å². The van der Waals surface area contributed by atoms with Crippen LogP contribution < -0.4 is 16.0 Å². The van der Waals surface area contributed by atoms with Crippen molar-refractivity contribution in [3.05, 3.63) is 56.5 Å². The molecular weight excluding hydrogens is 358 g/mol. The van der Waals surface area contributed by atoms with E-state index in [-0.39, 0.29) is 11.2 Å². The minimum absolute atomic E-state index is 0.309. The Bertz CT molecular complexity index is 1340. The maximum atomic E-state index is 13.0. The summed E-state index contributed by atoms with van der Waals surface area (Å²) < 4.78 is 12.1. The van der Waals surface area contributed by atoms with Crippen LogP contribution in [0, 0.1) is 13.8 Å². The van der Waals surface area contributed by atoms with Gasteiger partial charge in [0.25, 0.3) is 5.56 Å². The molecule has 1 aromatic carbocycles. The zero-order valence-electron chi connectivity index (χ0n) is 16.7. The fourth-order valence-electron chi connectivity index (χ4n) is 3.72. The molecule has 8 nitrogen and oxygen atoms in total. The molecule has 4 aromatic rings. The van der Waals surface area contributed by atoms with E-state index >= 15 is 0 Å². The Hall–Kier alpha value is -3.29. The number of benzene rings is 1. The van der Waals surface area contributed by atoms with Crippen LogP contribution >= 0.6 is 0 Å². The summed E-state index contributed by atoms with van der Waals surface area (Å²) in [7, 11) is 1.64. The molecular formula is C20H23N5O3. The summed E-state index contributed by atoms with van der Waals surface area (Å²) in [5.74, 6) is 1.36. The minimum atomic E-state index is -0.361. The van der Waals surface area contributed by atoms with Gasteiger partial charge < -0.3 is 4.74 Å². The number of hydrogen-bond donors (Lipinski definition) is 0. The van der Waals surface area contributed by atoms with Crippen molar-refractivity contribution in [2.45, 2.75) is 34.2 Å². The van der Waals surface area contributed by atoms with Crippen molar-refractivity contribution in [3.63, 3.8) is 0 Å². The number of aryl methyl sites for hydroxylation is 2. The van der Waals surface area contributed by atoms with E-state index in [1.165, 1.54) is 9.13 Å². The molecule has 0 fully saturated rings. The normalized spacial score (nSPS) is 11.6. The number of aromatic nitrogens is 5. The van der Waals surface area contributed by atoms with Crippen molar-refractivity contribution < 1.29 is 4.74 Å². The number of nitrogens with zero attached hydrogens (tertiary/aromatic N) is 5. The molecule has 0 bridgehead atoms. The molecule has 0 aliphatic rings. The molecule has 0 saturated heterocycles. The smallest absolute Gasteiger partial charge is 0.332 e. The van der Waals surface area contributed by atoms with E-state index in [1.807, 2.05) is 54.0 Å². The predicted octanol–water partition coefficient (Wildman–Crippen LogP) is 2.17. The van der Waals surface area contributed by atoms with Crippen LogP contribution in [-0.4, -0.2) is 29.7 Å². The average Bonchev–Trinajstić information content (AvgIpc) is 3.17. The molecule has 4 rings (SSSR count). The van der Waals surface area contributed by atoms with Gasteiger partial charge in [-0.15, -0.1) is 0 Å². The standard InChI is InChI=1S/C20H23N5O3/c1-6-23-18(26)16-17(22(5)20(23)27)21-19-24(12(3)13(4)25(16)19)14-9-8-10-15(11-14)28-7-2/h8-11H,6-7H2,1-5H3. The van der Waals surface area contributed by atoms with Crippen molar-refractivity contribution in [1.29, 1.82) is 0 Å². The zero-order chi connectivity index (χ0) is 20.2. The van der Waals surface area contributed by atoms with Crippen molar-refractivity contribution in [1.82, 2.24) is 23.1 Å². The number of hydrogen-bond acceptors (Lipinski definition) is 4. The Morgan fingerprint density at radius 1 is 1.11 bits per heavy atom.